The number of hydrogen-bond acceptors (Lipinski definition) is 6. The van der Waals surface area contributed by atoms with Crippen molar-refractivity contribution >= 4 is 113 Å². The summed E-state index contributed by atoms with van der Waals surface area (Å²) in [5.41, 5.74) is 0. The summed E-state index contributed by atoms with van der Waals surface area (Å²) in [4.78, 5) is 24.2. The van der Waals surface area contributed by atoms with Crippen LogP contribution < -0.4 is 0 Å². The maximum atomic E-state index is 12.2. The van der Waals surface area contributed by atoms with Crippen molar-refractivity contribution in [3.63, 3.8) is 0 Å². The first-order valence-corrected chi connectivity index (χ1v) is 12.0. The number of carbonyl (C=O) groups excluding carboxylic acids is 2. The molecule has 0 spiro atoms. The van der Waals surface area contributed by atoms with Gasteiger partial charge in [0.05, 0.1) is 19.6 Å². The Hall–Kier alpha value is 1.51. The van der Waals surface area contributed by atoms with Gasteiger partial charge < -0.3 is 9.47 Å². The van der Waals surface area contributed by atoms with Crippen LogP contribution in [0.2, 0.25) is 0 Å². The van der Waals surface area contributed by atoms with E-state index in [0.717, 1.165) is 51.4 Å². The van der Waals surface area contributed by atoms with Crippen molar-refractivity contribution in [2.45, 2.75) is 90.7 Å². The van der Waals surface area contributed by atoms with Crippen LogP contribution in [0.5, 0.6) is 0 Å². The van der Waals surface area contributed by atoms with Crippen molar-refractivity contribution < 1.29 is 32.0 Å². The molecule has 1 N–H and O–H groups in total. The predicted octanol–water partition coefficient (Wildman–Crippen LogP) is 4.89. The molecule has 200 valence electrons. The van der Waals surface area contributed by atoms with Crippen molar-refractivity contribution in [1.29, 1.82) is 0 Å². The van der Waals surface area contributed by atoms with E-state index in [1.54, 1.807) is 0 Å². The topological polar surface area (TPSA) is 107 Å². The first-order valence-electron chi connectivity index (χ1n) is 10.5. The van der Waals surface area contributed by atoms with E-state index in [0.29, 0.717) is 0 Å². The molecular weight excluding hydrogens is 631 g/mol. The summed E-state index contributed by atoms with van der Waals surface area (Å²) >= 11 is 0. The predicted molar refractivity (Wildman–Crippen MR) is 157 cm³/mol. The SMILES string of the molecule is Br.Br.CCCCC(CC)COC(=O)CC(C(=O)OCC(CC)CCCC)S(=O)(=O)O.S.S.[NaH]. The standard InChI is InChI=1S/C20H38O7S.2BrH.Na.2H2S.H/c1-5-9-11-16(7-3)14-26-19(21)13-18(28(23,24)25)20(22)27-15-17(8-4)12-10-6-2;;;;;;/h16-18H,5-15H2,1-4H3,(H,23,24,25);2*1H;;2*1H2;. The van der Waals surface area contributed by atoms with Crippen LogP contribution in [0, 0.1) is 11.8 Å². The second kappa shape index (κ2) is 28.1. The first kappa shape index (κ1) is 47.7. The van der Waals surface area contributed by atoms with Crippen LogP contribution in [0.4, 0.5) is 0 Å². The molecular formula is C20H45Br2NaO7S3. The number of halogens is 2. The van der Waals surface area contributed by atoms with E-state index < -0.39 is 33.7 Å². The van der Waals surface area contributed by atoms with E-state index >= 15 is 0 Å². The Morgan fingerprint density at radius 2 is 1.21 bits per heavy atom. The maximum absolute atomic E-state index is 12.2. The molecule has 0 radical (unpaired) electrons. The Labute approximate surface area is 258 Å². The molecule has 0 saturated carbocycles. The molecule has 0 heterocycles. The number of rotatable bonds is 16. The molecule has 0 amide bonds. The van der Waals surface area contributed by atoms with E-state index in [4.69, 9.17) is 9.47 Å². The Morgan fingerprint density at radius 1 is 0.818 bits per heavy atom. The van der Waals surface area contributed by atoms with Gasteiger partial charge in [0.25, 0.3) is 10.1 Å². The Balaban J connectivity index is -0.000000364. The molecule has 3 unspecified atom stereocenters. The van der Waals surface area contributed by atoms with Crippen LogP contribution in [-0.2, 0) is 29.2 Å². The summed E-state index contributed by atoms with van der Waals surface area (Å²) < 4.78 is 42.8. The normalized spacial score (nSPS) is 12.6. The summed E-state index contributed by atoms with van der Waals surface area (Å²) in [6.07, 6.45) is 6.74. The molecule has 0 aliphatic carbocycles. The van der Waals surface area contributed by atoms with Gasteiger partial charge >= 0.3 is 41.5 Å². The van der Waals surface area contributed by atoms with Gasteiger partial charge in [-0.15, -0.1) is 34.0 Å². The van der Waals surface area contributed by atoms with Gasteiger partial charge in [-0.1, -0.05) is 66.2 Å². The molecule has 13 heteroatoms. The van der Waals surface area contributed by atoms with E-state index in [2.05, 4.69) is 13.8 Å². The number of ether oxygens (including phenoxy) is 2. The van der Waals surface area contributed by atoms with Gasteiger partial charge in [-0.3, -0.25) is 14.1 Å². The van der Waals surface area contributed by atoms with Gasteiger partial charge in [-0.25, -0.2) is 0 Å². The average molecular weight is 677 g/mol. The van der Waals surface area contributed by atoms with Crippen LogP contribution >= 0.6 is 61.0 Å². The zero-order chi connectivity index (χ0) is 21.6. The van der Waals surface area contributed by atoms with Gasteiger partial charge in [-0.05, 0) is 24.7 Å². The van der Waals surface area contributed by atoms with Gasteiger partial charge in [0.15, 0.2) is 5.25 Å². The quantitative estimate of drug-likeness (QED) is 0.141. The minimum atomic E-state index is -4.76. The van der Waals surface area contributed by atoms with Gasteiger partial charge in [0, 0.05) is 0 Å². The molecule has 0 saturated heterocycles. The minimum absolute atomic E-state index is 0. The van der Waals surface area contributed by atoms with Crippen LogP contribution in [0.15, 0.2) is 0 Å². The summed E-state index contributed by atoms with van der Waals surface area (Å²) in [5.74, 6) is -1.61. The summed E-state index contributed by atoms with van der Waals surface area (Å²) in [6, 6.07) is 0. The fourth-order valence-electron chi connectivity index (χ4n) is 2.82. The molecule has 3 atom stereocenters. The van der Waals surface area contributed by atoms with Crippen molar-refractivity contribution in [1.82, 2.24) is 0 Å². The Kier molecular flexibility index (Phi) is 40.6. The zero-order valence-electron chi connectivity index (χ0n) is 19.6. The van der Waals surface area contributed by atoms with Crippen molar-refractivity contribution in [3.8, 4) is 0 Å². The van der Waals surface area contributed by atoms with Gasteiger partial charge in [0.2, 0.25) is 0 Å². The zero-order valence-corrected chi connectivity index (χ0v) is 25.9. The Morgan fingerprint density at radius 3 is 1.55 bits per heavy atom. The number of unbranched alkanes of at least 4 members (excludes halogenated alkanes) is 2. The van der Waals surface area contributed by atoms with Crippen LogP contribution in [0.3, 0.4) is 0 Å². The van der Waals surface area contributed by atoms with Crippen molar-refractivity contribution in [2.24, 2.45) is 11.8 Å². The molecule has 0 aromatic carbocycles. The third-order valence-electron chi connectivity index (χ3n) is 5.00. The monoisotopic (exact) mass is 674 g/mol. The third-order valence-corrected chi connectivity index (χ3v) is 6.08. The molecule has 33 heavy (non-hydrogen) atoms. The molecule has 0 bridgehead atoms. The van der Waals surface area contributed by atoms with E-state index in [1.165, 1.54) is 0 Å². The average Bonchev–Trinajstić information content (AvgIpc) is 2.65. The Bertz CT molecular complexity index is 570. The summed E-state index contributed by atoms with van der Waals surface area (Å²) in [5, 5.41) is -1.95. The fraction of sp³-hybridized carbons (Fsp3) is 0.900. The van der Waals surface area contributed by atoms with Gasteiger partial charge in [0.1, 0.15) is 0 Å². The second-order valence-electron chi connectivity index (χ2n) is 7.35. The molecule has 0 aliphatic rings. The molecule has 0 rings (SSSR count). The van der Waals surface area contributed by atoms with Crippen molar-refractivity contribution in [3.05, 3.63) is 0 Å². The van der Waals surface area contributed by atoms with Crippen LogP contribution in [-0.4, -0.2) is 72.9 Å². The molecule has 0 aliphatic heterocycles. The van der Waals surface area contributed by atoms with Crippen molar-refractivity contribution in [2.75, 3.05) is 13.2 Å². The van der Waals surface area contributed by atoms with E-state index in [-0.39, 0.29) is 116 Å². The first-order chi connectivity index (χ1) is 13.2. The van der Waals surface area contributed by atoms with Crippen LogP contribution in [0.1, 0.15) is 85.5 Å². The van der Waals surface area contributed by atoms with E-state index in [1.807, 2.05) is 13.8 Å². The van der Waals surface area contributed by atoms with Gasteiger partial charge in [-0.2, -0.15) is 35.4 Å². The molecule has 0 aromatic rings. The number of hydrogen-bond donors (Lipinski definition) is 1. The van der Waals surface area contributed by atoms with Crippen LogP contribution in [0.25, 0.3) is 0 Å². The fourth-order valence-corrected chi connectivity index (χ4v) is 3.48. The summed E-state index contributed by atoms with van der Waals surface area (Å²) in [7, 11) is -4.76. The number of esters is 2. The molecule has 0 fully saturated rings. The summed E-state index contributed by atoms with van der Waals surface area (Å²) in [6.45, 7) is 8.35. The second-order valence-corrected chi connectivity index (χ2v) is 8.95. The number of carbonyl (C=O) groups is 2. The molecule has 0 aromatic heterocycles. The van der Waals surface area contributed by atoms with E-state index in [9.17, 15) is 22.6 Å². The third kappa shape index (κ3) is 23.6. The molecule has 7 nitrogen and oxygen atoms in total.